The summed E-state index contributed by atoms with van der Waals surface area (Å²) < 4.78 is 38.5. The summed E-state index contributed by atoms with van der Waals surface area (Å²) in [6.45, 7) is 3.60. The molecule has 0 saturated carbocycles. The molecule has 322 valence electrons. The van der Waals surface area contributed by atoms with Crippen LogP contribution in [0.5, 0.6) is 0 Å². The highest BCUT2D eigenvalue weighted by atomic mass is 31.2. The number of epoxide rings is 1. The molecule has 10 nitrogen and oxygen atoms in total. The van der Waals surface area contributed by atoms with Crippen LogP contribution in [-0.2, 0) is 37.4 Å². The average molecular weight is 808 g/mol. The van der Waals surface area contributed by atoms with E-state index in [1.807, 2.05) is 0 Å². The number of carbonyl (C=O) groups excluding carboxylic acids is 2. The van der Waals surface area contributed by atoms with E-state index < -0.39 is 32.5 Å². The Balaban J connectivity index is 2.21. The van der Waals surface area contributed by atoms with E-state index in [0.717, 1.165) is 77.0 Å². The molecule has 0 amide bonds. The van der Waals surface area contributed by atoms with Gasteiger partial charge in [0.1, 0.15) is 6.61 Å². The molecule has 1 saturated heterocycles. The minimum Gasteiger partial charge on any atom is -0.462 e. The predicted octanol–water partition coefficient (Wildman–Crippen LogP) is 11.5. The number of hydrogen-bond donors (Lipinski definition) is 2. The molecule has 0 radical (unpaired) electrons. The van der Waals surface area contributed by atoms with Crippen LogP contribution in [0, 0.1) is 0 Å². The number of ether oxygens (including phenoxy) is 3. The third-order valence-electron chi connectivity index (χ3n) is 9.30. The first kappa shape index (κ1) is 51.7. The molecule has 0 aromatic heterocycles. The first-order valence-electron chi connectivity index (χ1n) is 21.9. The summed E-state index contributed by atoms with van der Waals surface area (Å²) in [5.74, 6) is -0.891. The van der Waals surface area contributed by atoms with E-state index in [1.54, 1.807) is 0 Å². The van der Waals surface area contributed by atoms with Crippen molar-refractivity contribution in [3.63, 3.8) is 0 Å². The first-order chi connectivity index (χ1) is 27.3. The van der Waals surface area contributed by atoms with Gasteiger partial charge in [0, 0.05) is 19.4 Å². The zero-order valence-electron chi connectivity index (χ0n) is 35.0. The molecule has 1 fully saturated rings. The average Bonchev–Trinajstić information content (AvgIpc) is 3.94. The lowest BCUT2D eigenvalue weighted by Gasteiger charge is -2.19. The predicted molar refractivity (Wildman–Crippen MR) is 228 cm³/mol. The number of rotatable bonds is 39. The number of unbranched alkanes of at least 4 members (excludes halogenated alkanes) is 13. The van der Waals surface area contributed by atoms with E-state index in [2.05, 4.69) is 74.6 Å². The molecule has 1 aliphatic heterocycles. The monoisotopic (exact) mass is 808 g/mol. The summed E-state index contributed by atoms with van der Waals surface area (Å²) in [5, 5.41) is 0. The maximum absolute atomic E-state index is 12.6. The quantitative estimate of drug-likeness (QED) is 0.0202. The lowest BCUT2D eigenvalue weighted by molar-refractivity contribution is -0.161. The third-order valence-corrected chi connectivity index (χ3v) is 10.3. The Morgan fingerprint density at radius 2 is 1.16 bits per heavy atom. The second-order valence-corrected chi connectivity index (χ2v) is 16.0. The van der Waals surface area contributed by atoms with Gasteiger partial charge in [0.05, 0.1) is 25.4 Å². The standard InChI is InChI=1S/C45H78NO9P/c1-3-5-7-8-9-10-11-12-13-14-15-16-17-18-19-20-25-28-32-36-45(48)54-41(40-53-56(49,50)52-38-37-46)39-51-44(47)35-31-27-24-22-21-23-26-30-34-43-42(55-43)33-29-6-4-2/h9-10,12-13,15-16,18-19,26,30,41-43H,3-8,11,14,17,20-25,27-29,31-40,46H2,1-2H3,(H,49,50)/b10-9-,13-12-,16-15-,19-18-,30-26-/t41-,42?,43?/m1/s1. The maximum atomic E-state index is 12.6. The highest BCUT2D eigenvalue weighted by Gasteiger charge is 2.36. The number of carbonyl (C=O) groups is 2. The van der Waals surface area contributed by atoms with Crippen LogP contribution in [0.1, 0.15) is 168 Å². The fourth-order valence-electron chi connectivity index (χ4n) is 5.92. The number of allylic oxidation sites excluding steroid dienone is 9. The molecule has 11 heteroatoms. The largest absolute Gasteiger partial charge is 0.472 e. The normalized spacial score (nSPS) is 17.5. The minimum atomic E-state index is -4.40. The Labute approximate surface area is 340 Å². The molecule has 0 aromatic rings. The Hall–Kier alpha value is -2.33. The van der Waals surface area contributed by atoms with Crippen molar-refractivity contribution in [3.05, 3.63) is 60.8 Å². The summed E-state index contributed by atoms with van der Waals surface area (Å²) in [7, 11) is -4.40. The van der Waals surface area contributed by atoms with E-state index in [-0.39, 0.29) is 32.6 Å². The molecule has 1 rings (SSSR count). The summed E-state index contributed by atoms with van der Waals surface area (Å²) in [6, 6.07) is 0. The number of esters is 2. The van der Waals surface area contributed by atoms with E-state index >= 15 is 0 Å². The van der Waals surface area contributed by atoms with Gasteiger partial charge < -0.3 is 24.8 Å². The fraction of sp³-hybridized carbons (Fsp3) is 0.733. The molecule has 0 spiro atoms. The summed E-state index contributed by atoms with van der Waals surface area (Å²) >= 11 is 0. The highest BCUT2D eigenvalue weighted by Crippen LogP contribution is 2.43. The van der Waals surface area contributed by atoms with Gasteiger partial charge in [-0.05, 0) is 83.5 Å². The van der Waals surface area contributed by atoms with Gasteiger partial charge in [-0.2, -0.15) is 0 Å². The van der Waals surface area contributed by atoms with Gasteiger partial charge >= 0.3 is 19.8 Å². The lowest BCUT2D eigenvalue weighted by Crippen LogP contribution is -2.29. The van der Waals surface area contributed by atoms with E-state index in [9.17, 15) is 19.0 Å². The van der Waals surface area contributed by atoms with Gasteiger partial charge in [-0.15, -0.1) is 0 Å². The molecular weight excluding hydrogens is 729 g/mol. The van der Waals surface area contributed by atoms with Crippen molar-refractivity contribution in [1.82, 2.24) is 0 Å². The van der Waals surface area contributed by atoms with Crippen molar-refractivity contribution in [3.8, 4) is 0 Å². The minimum absolute atomic E-state index is 0.0409. The molecule has 1 aliphatic rings. The van der Waals surface area contributed by atoms with E-state index in [4.69, 9.17) is 29.0 Å². The second kappa shape index (κ2) is 37.0. The summed E-state index contributed by atoms with van der Waals surface area (Å²) in [6.07, 6.45) is 45.6. The van der Waals surface area contributed by atoms with Gasteiger partial charge in [0.25, 0.3) is 0 Å². The number of nitrogens with two attached hydrogens (primary N) is 1. The number of hydrogen-bond acceptors (Lipinski definition) is 9. The van der Waals surface area contributed by atoms with Gasteiger partial charge in [0.15, 0.2) is 6.10 Å². The van der Waals surface area contributed by atoms with E-state index in [0.29, 0.717) is 25.0 Å². The van der Waals surface area contributed by atoms with Gasteiger partial charge in [-0.25, -0.2) is 4.57 Å². The van der Waals surface area contributed by atoms with Crippen molar-refractivity contribution in [2.45, 2.75) is 186 Å². The van der Waals surface area contributed by atoms with Crippen molar-refractivity contribution < 1.29 is 42.3 Å². The van der Waals surface area contributed by atoms with Crippen molar-refractivity contribution in [1.29, 1.82) is 0 Å². The smallest absolute Gasteiger partial charge is 0.462 e. The SMILES string of the molecule is CCCCC/C=C\C/C=C\C/C=C\C/C=C\CCCCCC(=O)O[C@H](COC(=O)CCCCCCC/C=C\CC1OC1CCCCC)COP(=O)(O)OCCN. The van der Waals surface area contributed by atoms with Crippen molar-refractivity contribution >= 4 is 19.8 Å². The molecule has 0 aliphatic carbocycles. The fourth-order valence-corrected chi connectivity index (χ4v) is 6.68. The number of phosphoric ester groups is 1. The zero-order chi connectivity index (χ0) is 40.8. The summed E-state index contributed by atoms with van der Waals surface area (Å²) in [5.41, 5.74) is 5.34. The molecule has 3 N–H and O–H groups in total. The van der Waals surface area contributed by atoms with Crippen LogP contribution in [-0.4, -0.2) is 61.5 Å². The van der Waals surface area contributed by atoms with Crippen LogP contribution in [0.4, 0.5) is 0 Å². The van der Waals surface area contributed by atoms with Gasteiger partial charge in [0.2, 0.25) is 0 Å². The maximum Gasteiger partial charge on any atom is 0.472 e. The molecule has 0 bridgehead atoms. The molecular formula is C45H78NO9P. The van der Waals surface area contributed by atoms with E-state index in [1.165, 1.54) is 51.4 Å². The highest BCUT2D eigenvalue weighted by molar-refractivity contribution is 7.47. The van der Waals surface area contributed by atoms with Crippen LogP contribution in [0.15, 0.2) is 60.8 Å². The van der Waals surface area contributed by atoms with Crippen LogP contribution in [0.2, 0.25) is 0 Å². The zero-order valence-corrected chi connectivity index (χ0v) is 35.9. The Morgan fingerprint density at radius 1 is 0.643 bits per heavy atom. The Kier molecular flexibility index (Phi) is 34.1. The molecule has 1 heterocycles. The Bertz CT molecular complexity index is 1170. The summed E-state index contributed by atoms with van der Waals surface area (Å²) in [4.78, 5) is 34.9. The Morgan fingerprint density at radius 3 is 1.79 bits per heavy atom. The van der Waals surface area contributed by atoms with Crippen LogP contribution >= 0.6 is 7.82 Å². The lowest BCUT2D eigenvalue weighted by atomic mass is 10.1. The van der Waals surface area contributed by atoms with Gasteiger partial charge in [-0.1, -0.05) is 132 Å². The van der Waals surface area contributed by atoms with Crippen molar-refractivity contribution in [2.24, 2.45) is 5.73 Å². The van der Waals surface area contributed by atoms with Crippen LogP contribution in [0.25, 0.3) is 0 Å². The second-order valence-electron chi connectivity index (χ2n) is 14.6. The van der Waals surface area contributed by atoms with Crippen LogP contribution < -0.4 is 5.73 Å². The molecule has 0 aromatic carbocycles. The molecule has 56 heavy (non-hydrogen) atoms. The molecule has 3 unspecified atom stereocenters. The molecule has 4 atom stereocenters. The number of phosphoric acid groups is 1. The topological polar surface area (TPSA) is 147 Å². The third kappa shape index (κ3) is 33.8. The van der Waals surface area contributed by atoms with Gasteiger partial charge in [-0.3, -0.25) is 18.6 Å². The first-order valence-corrected chi connectivity index (χ1v) is 23.4. The van der Waals surface area contributed by atoms with Crippen LogP contribution in [0.3, 0.4) is 0 Å². The van der Waals surface area contributed by atoms with Crippen molar-refractivity contribution in [2.75, 3.05) is 26.4 Å².